The Labute approximate surface area is 221 Å². The van der Waals surface area contributed by atoms with Crippen molar-refractivity contribution in [2.75, 3.05) is 14.2 Å². The van der Waals surface area contributed by atoms with Gasteiger partial charge in [0.2, 0.25) is 0 Å². The van der Waals surface area contributed by atoms with Crippen molar-refractivity contribution >= 4 is 20.0 Å². The molecular weight excluding hydrogens is 433 g/mol. The number of methoxy groups -OCH3 is 2. The average Bonchev–Trinajstić information content (AvgIpc) is 2.63. The van der Waals surface area contributed by atoms with E-state index >= 15 is 0 Å². The first-order valence-corrected chi connectivity index (χ1v) is 9.68. The molecule has 0 atom stereocenters. The normalized spacial score (nSPS) is 10.9. The van der Waals surface area contributed by atoms with E-state index in [9.17, 15) is 24.6 Å². The van der Waals surface area contributed by atoms with Crippen LogP contribution in [-0.2, 0) is 17.8 Å². The first-order chi connectivity index (χ1) is 13.2. The Hall–Kier alpha value is -0.350. The predicted octanol–water partition coefficient (Wildman–Crippen LogP) is -4.50. The van der Waals surface area contributed by atoms with Gasteiger partial charge in [0.1, 0.15) is 13.6 Å². The molecule has 8 nitrogen and oxygen atoms in total. The van der Waals surface area contributed by atoms with Gasteiger partial charge in [0, 0.05) is 5.56 Å². The maximum Gasteiger partial charge on any atom is 1.00 e. The van der Waals surface area contributed by atoms with Gasteiger partial charge in [0.25, 0.3) is 0 Å². The van der Waals surface area contributed by atoms with Crippen LogP contribution in [0.1, 0.15) is 29.2 Å². The molecule has 2 rings (SSSR count). The first kappa shape index (κ1) is 29.7. The van der Waals surface area contributed by atoms with Crippen molar-refractivity contribution in [2.24, 2.45) is 0 Å². The van der Waals surface area contributed by atoms with E-state index in [4.69, 9.17) is 9.47 Å². The van der Waals surface area contributed by atoms with Crippen molar-refractivity contribution in [1.29, 1.82) is 0 Å². The zero-order valence-electron chi connectivity index (χ0n) is 18.7. The third-order valence-corrected chi connectivity index (χ3v) is 4.44. The third-order valence-electron chi connectivity index (χ3n) is 4.02. The number of ether oxygens (including phenoxy) is 2. The van der Waals surface area contributed by atoms with Crippen LogP contribution in [0.15, 0.2) is 24.3 Å². The van der Waals surface area contributed by atoms with Gasteiger partial charge >= 0.3 is 59.1 Å². The summed E-state index contributed by atoms with van der Waals surface area (Å²) in [5, 5.41) is 19.0. The summed E-state index contributed by atoms with van der Waals surface area (Å²) in [5.74, 6) is 0.391. The summed E-state index contributed by atoms with van der Waals surface area (Å²) in [7, 11) is -2.44. The van der Waals surface area contributed by atoms with Crippen molar-refractivity contribution < 1.29 is 99.1 Å². The number of phosphoric ester groups is 1. The summed E-state index contributed by atoms with van der Waals surface area (Å²) in [5.41, 5.74) is 2.86. The van der Waals surface area contributed by atoms with Crippen molar-refractivity contribution in [3.05, 3.63) is 52.1 Å². The molecule has 0 radical (unpaired) electrons. The molecule has 2 N–H and O–H groups in total. The number of hydrogen-bond donors (Lipinski definition) is 2. The molecule has 0 saturated carbocycles. The predicted molar refractivity (Wildman–Crippen MR) is 101 cm³/mol. The Morgan fingerprint density at radius 3 is 2.00 bits per heavy atom. The second kappa shape index (κ2) is 13.3. The molecule has 0 unspecified atom stereocenters. The fourth-order valence-corrected chi connectivity index (χ4v) is 3.21. The van der Waals surface area contributed by atoms with E-state index in [2.05, 4.69) is 4.52 Å². The molecule has 0 bridgehead atoms. The van der Waals surface area contributed by atoms with Gasteiger partial charge in [-0.3, -0.25) is 0 Å². The van der Waals surface area contributed by atoms with E-state index in [1.807, 2.05) is 0 Å². The molecule has 0 aromatic heterocycles. The van der Waals surface area contributed by atoms with Crippen LogP contribution < -0.4 is 82.9 Å². The number of aliphatic hydroxyl groups is 2. The topological polar surface area (TPSA) is 131 Å². The Kier molecular flexibility index (Phi) is 13.1. The largest absolute Gasteiger partial charge is 1.00 e. The quantitative estimate of drug-likeness (QED) is 0.231. The van der Waals surface area contributed by atoms with Crippen LogP contribution in [0, 0.1) is 6.92 Å². The van der Waals surface area contributed by atoms with Crippen LogP contribution >= 0.6 is 7.82 Å². The number of hydrogen-bond acceptors (Lipinski definition) is 8. The number of rotatable bonds is 8. The van der Waals surface area contributed by atoms with Crippen LogP contribution in [0.25, 0.3) is 12.2 Å². The number of aliphatic hydroxyl groups excluding tert-OH is 2. The van der Waals surface area contributed by atoms with Gasteiger partial charge < -0.3 is 40.0 Å². The number of phosphoric acid groups is 1. The molecule has 0 heterocycles. The van der Waals surface area contributed by atoms with Gasteiger partial charge in [-0.1, -0.05) is 12.2 Å². The molecule has 0 saturated heterocycles. The van der Waals surface area contributed by atoms with Gasteiger partial charge in [0.15, 0.2) is 11.5 Å². The van der Waals surface area contributed by atoms with Gasteiger partial charge in [-0.25, -0.2) is 0 Å². The minimum Gasteiger partial charge on any atom is -1.00 e. The number of benzene rings is 2. The Morgan fingerprint density at radius 1 is 0.967 bits per heavy atom. The SMILES string of the molecule is COc1cc(/C=C\c2cc(C)c(OC)c(OP(=O)([O-])[O-])c2)cc(CO)c1CO.[H-].[Na+].[Na+]. The minimum atomic E-state index is -5.25. The van der Waals surface area contributed by atoms with E-state index in [1.165, 1.54) is 20.3 Å². The standard InChI is InChI=1S/C19H23O8P.2Na.H/c1-12-6-13(9-18(19(12)26-3)27-28(22,23)24)4-5-14-7-15(10-20)16(11-21)17(8-14)25-2;;;/h4-9,20-21H,10-11H2,1-3H3,(H2,22,23,24);;;/q;2*+1;-1/p-2/b5-4-;;;. The van der Waals surface area contributed by atoms with E-state index in [0.29, 0.717) is 33.6 Å². The molecule has 30 heavy (non-hydrogen) atoms. The van der Waals surface area contributed by atoms with Crippen molar-refractivity contribution in [3.63, 3.8) is 0 Å². The van der Waals surface area contributed by atoms with Gasteiger partial charge in [0.05, 0.1) is 27.4 Å². The van der Waals surface area contributed by atoms with E-state index < -0.39 is 7.82 Å². The van der Waals surface area contributed by atoms with Crippen LogP contribution in [0.4, 0.5) is 0 Å². The molecule has 0 aliphatic carbocycles. The molecule has 2 aromatic rings. The summed E-state index contributed by atoms with van der Waals surface area (Å²) in [6, 6.07) is 6.49. The minimum absolute atomic E-state index is 0. The fourth-order valence-electron chi connectivity index (χ4n) is 2.83. The van der Waals surface area contributed by atoms with Gasteiger partial charge in [-0.15, -0.1) is 0 Å². The van der Waals surface area contributed by atoms with Crippen molar-refractivity contribution in [3.8, 4) is 17.2 Å². The van der Waals surface area contributed by atoms with Gasteiger partial charge in [-0.05, 0) is 53.4 Å². The zero-order valence-corrected chi connectivity index (χ0v) is 22.6. The molecule has 2 aromatic carbocycles. The smallest absolute Gasteiger partial charge is 1.00 e. The molecule has 0 spiro atoms. The average molecular weight is 455 g/mol. The fraction of sp³-hybridized carbons (Fsp3) is 0.263. The van der Waals surface area contributed by atoms with Crippen molar-refractivity contribution in [2.45, 2.75) is 20.1 Å². The summed E-state index contributed by atoms with van der Waals surface area (Å²) < 4.78 is 25.9. The van der Waals surface area contributed by atoms with Crippen LogP contribution in [0.5, 0.6) is 17.2 Å². The van der Waals surface area contributed by atoms with Crippen LogP contribution in [0.3, 0.4) is 0 Å². The van der Waals surface area contributed by atoms with Crippen LogP contribution in [0.2, 0.25) is 0 Å². The van der Waals surface area contributed by atoms with Crippen LogP contribution in [-0.4, -0.2) is 24.4 Å². The summed E-state index contributed by atoms with van der Waals surface area (Å²) in [6.45, 7) is 1.15. The molecule has 0 amide bonds. The Bertz CT molecular complexity index is 908. The Balaban J connectivity index is 0. The zero-order chi connectivity index (χ0) is 20.9. The maximum atomic E-state index is 11.0. The summed E-state index contributed by atoms with van der Waals surface area (Å²) in [6.07, 6.45) is 3.39. The monoisotopic (exact) mass is 455 g/mol. The molecule has 0 fully saturated rings. The molecule has 154 valence electrons. The Morgan fingerprint density at radius 2 is 1.53 bits per heavy atom. The molecular formula is C19H22Na2O8P-. The summed E-state index contributed by atoms with van der Waals surface area (Å²) in [4.78, 5) is 22.0. The molecule has 0 aliphatic heterocycles. The molecule has 0 aliphatic rings. The second-order valence-electron chi connectivity index (χ2n) is 5.92. The van der Waals surface area contributed by atoms with E-state index in [-0.39, 0.29) is 85.3 Å². The van der Waals surface area contributed by atoms with E-state index in [1.54, 1.807) is 37.3 Å². The van der Waals surface area contributed by atoms with E-state index in [0.717, 1.165) is 0 Å². The first-order valence-electron chi connectivity index (χ1n) is 8.22. The maximum absolute atomic E-state index is 11.0. The second-order valence-corrected chi connectivity index (χ2v) is 7.00. The van der Waals surface area contributed by atoms with Gasteiger partial charge in [-0.2, -0.15) is 0 Å². The molecule has 11 heteroatoms. The summed E-state index contributed by atoms with van der Waals surface area (Å²) >= 11 is 0. The number of aryl methyl sites for hydroxylation is 1. The van der Waals surface area contributed by atoms with Crippen molar-refractivity contribution in [1.82, 2.24) is 0 Å². The third kappa shape index (κ3) is 7.97.